The van der Waals surface area contributed by atoms with Gasteiger partial charge in [0.2, 0.25) is 5.88 Å². The topological polar surface area (TPSA) is 71.2 Å². The minimum atomic E-state index is -0.608. The first-order chi connectivity index (χ1) is 16.2. The standard InChI is InChI=1S/C26H33N3O4/c1-2-13-28(18-22(30)20-32-23-11-7-4-8-12-23)19-24-25(21-9-5-3-6-10-21)27-33-26(24)29-14-16-31-17-15-29/h3-12,22,30H,2,13-20H2,1H3/t22-/m0/s1. The second-order valence-corrected chi connectivity index (χ2v) is 8.29. The summed E-state index contributed by atoms with van der Waals surface area (Å²) in [5.41, 5.74) is 2.93. The minimum absolute atomic E-state index is 0.246. The van der Waals surface area contributed by atoms with Crippen LogP contribution in [-0.4, -0.2) is 67.3 Å². The second kappa shape index (κ2) is 11.8. The molecule has 1 aliphatic heterocycles. The van der Waals surface area contributed by atoms with Crippen LogP contribution in [0.4, 0.5) is 5.88 Å². The van der Waals surface area contributed by atoms with E-state index in [2.05, 4.69) is 34.0 Å². The molecular formula is C26H33N3O4. The predicted molar refractivity (Wildman–Crippen MR) is 128 cm³/mol. The van der Waals surface area contributed by atoms with E-state index in [-0.39, 0.29) is 6.61 Å². The lowest BCUT2D eigenvalue weighted by molar-refractivity contribution is 0.0655. The largest absolute Gasteiger partial charge is 0.491 e. The summed E-state index contributed by atoms with van der Waals surface area (Å²) in [6.45, 7) is 7.29. The Bertz CT molecular complexity index is 958. The first-order valence-corrected chi connectivity index (χ1v) is 11.7. The fourth-order valence-electron chi connectivity index (χ4n) is 4.12. The Morgan fingerprint density at radius 3 is 2.45 bits per heavy atom. The number of nitrogens with zero attached hydrogens (tertiary/aromatic N) is 3. The number of ether oxygens (including phenoxy) is 2. The molecule has 176 valence electrons. The van der Waals surface area contributed by atoms with Gasteiger partial charge in [-0.1, -0.05) is 60.6 Å². The maximum Gasteiger partial charge on any atom is 0.232 e. The SMILES string of the molecule is CCCN(Cc1c(-c2ccccc2)noc1N1CCOCC1)C[C@H](O)COc1ccccc1. The molecule has 2 aromatic carbocycles. The number of para-hydroxylation sites is 1. The maximum atomic E-state index is 10.7. The highest BCUT2D eigenvalue weighted by atomic mass is 16.5. The van der Waals surface area contributed by atoms with Crippen LogP contribution >= 0.6 is 0 Å². The second-order valence-electron chi connectivity index (χ2n) is 8.29. The summed E-state index contributed by atoms with van der Waals surface area (Å²) in [4.78, 5) is 4.46. The van der Waals surface area contributed by atoms with Crippen LogP contribution in [0.15, 0.2) is 65.2 Å². The van der Waals surface area contributed by atoms with E-state index >= 15 is 0 Å². The summed E-state index contributed by atoms with van der Waals surface area (Å²) in [6.07, 6.45) is 0.370. The Labute approximate surface area is 195 Å². The number of aliphatic hydroxyl groups is 1. The van der Waals surface area contributed by atoms with Crippen LogP contribution < -0.4 is 9.64 Å². The molecule has 7 nitrogen and oxygen atoms in total. The van der Waals surface area contributed by atoms with Crippen molar-refractivity contribution in [3.8, 4) is 17.0 Å². The summed E-state index contributed by atoms with van der Waals surface area (Å²) in [5, 5.41) is 15.2. The van der Waals surface area contributed by atoms with Crippen LogP contribution in [0.5, 0.6) is 5.75 Å². The number of hydrogen-bond acceptors (Lipinski definition) is 7. The van der Waals surface area contributed by atoms with Crippen molar-refractivity contribution in [3.63, 3.8) is 0 Å². The van der Waals surface area contributed by atoms with Crippen molar-refractivity contribution in [2.45, 2.75) is 26.0 Å². The molecule has 0 saturated carbocycles. The molecule has 0 spiro atoms. The monoisotopic (exact) mass is 451 g/mol. The predicted octanol–water partition coefficient (Wildman–Crippen LogP) is 3.83. The van der Waals surface area contributed by atoms with Crippen molar-refractivity contribution < 1.29 is 19.1 Å². The molecule has 1 aliphatic rings. The fourth-order valence-corrected chi connectivity index (χ4v) is 4.12. The molecule has 1 fully saturated rings. The third-order valence-corrected chi connectivity index (χ3v) is 5.69. The zero-order chi connectivity index (χ0) is 22.9. The molecule has 4 rings (SSSR count). The number of aromatic nitrogens is 1. The Hall–Kier alpha value is -2.87. The number of benzene rings is 2. The highest BCUT2D eigenvalue weighted by molar-refractivity contribution is 5.68. The Kier molecular flexibility index (Phi) is 8.35. The number of morpholine rings is 1. The lowest BCUT2D eigenvalue weighted by atomic mass is 10.1. The van der Waals surface area contributed by atoms with Gasteiger partial charge in [0, 0.05) is 31.7 Å². The molecule has 0 radical (unpaired) electrons. The zero-order valence-electron chi connectivity index (χ0n) is 19.2. The quantitative estimate of drug-likeness (QED) is 0.475. The van der Waals surface area contributed by atoms with Gasteiger partial charge in [-0.3, -0.25) is 4.90 Å². The van der Waals surface area contributed by atoms with E-state index in [1.54, 1.807) is 0 Å². The third kappa shape index (κ3) is 6.35. The van der Waals surface area contributed by atoms with E-state index < -0.39 is 6.10 Å². The van der Waals surface area contributed by atoms with Crippen molar-refractivity contribution in [1.29, 1.82) is 0 Å². The molecule has 0 bridgehead atoms. The van der Waals surface area contributed by atoms with Gasteiger partial charge in [0.1, 0.15) is 24.2 Å². The van der Waals surface area contributed by atoms with Crippen molar-refractivity contribution in [2.24, 2.45) is 0 Å². The van der Waals surface area contributed by atoms with E-state index in [0.29, 0.717) is 26.3 Å². The van der Waals surface area contributed by atoms with Gasteiger partial charge in [-0.25, -0.2) is 0 Å². The number of rotatable bonds is 11. The highest BCUT2D eigenvalue weighted by Gasteiger charge is 2.26. The molecule has 0 aliphatic carbocycles. The number of hydrogen-bond donors (Lipinski definition) is 1. The van der Waals surface area contributed by atoms with Gasteiger partial charge in [-0.15, -0.1) is 0 Å². The van der Waals surface area contributed by atoms with Crippen LogP contribution in [0.1, 0.15) is 18.9 Å². The van der Waals surface area contributed by atoms with E-state index in [0.717, 1.165) is 54.5 Å². The van der Waals surface area contributed by atoms with Gasteiger partial charge in [-0.05, 0) is 25.1 Å². The van der Waals surface area contributed by atoms with Gasteiger partial charge in [0.05, 0.1) is 18.8 Å². The van der Waals surface area contributed by atoms with Crippen LogP contribution in [-0.2, 0) is 11.3 Å². The average Bonchev–Trinajstić information content (AvgIpc) is 3.28. The molecule has 7 heteroatoms. The normalized spacial score (nSPS) is 15.1. The molecule has 0 unspecified atom stereocenters. The average molecular weight is 452 g/mol. The Balaban J connectivity index is 1.51. The first-order valence-electron chi connectivity index (χ1n) is 11.7. The van der Waals surface area contributed by atoms with Gasteiger partial charge >= 0.3 is 0 Å². The van der Waals surface area contributed by atoms with E-state index in [9.17, 15) is 5.11 Å². The Morgan fingerprint density at radius 2 is 1.76 bits per heavy atom. The van der Waals surface area contributed by atoms with Crippen molar-refractivity contribution >= 4 is 5.88 Å². The van der Waals surface area contributed by atoms with Crippen LogP contribution in [0, 0.1) is 0 Å². The summed E-state index contributed by atoms with van der Waals surface area (Å²) in [7, 11) is 0. The highest BCUT2D eigenvalue weighted by Crippen LogP contribution is 2.33. The van der Waals surface area contributed by atoms with Crippen LogP contribution in [0.3, 0.4) is 0 Å². The summed E-state index contributed by atoms with van der Waals surface area (Å²) in [5.74, 6) is 1.56. The fraction of sp³-hybridized carbons (Fsp3) is 0.423. The maximum absolute atomic E-state index is 10.7. The molecule has 1 saturated heterocycles. The first kappa shape index (κ1) is 23.3. The molecule has 33 heavy (non-hydrogen) atoms. The number of anilines is 1. The summed E-state index contributed by atoms with van der Waals surface area (Å²) < 4.78 is 17.2. The van der Waals surface area contributed by atoms with Gasteiger partial charge in [-0.2, -0.15) is 0 Å². The van der Waals surface area contributed by atoms with Gasteiger partial charge in [0.25, 0.3) is 0 Å². The van der Waals surface area contributed by atoms with E-state index in [4.69, 9.17) is 14.0 Å². The van der Waals surface area contributed by atoms with E-state index in [1.807, 2.05) is 48.5 Å². The molecule has 1 N–H and O–H groups in total. The molecule has 1 atom stereocenters. The molecule has 0 amide bonds. The van der Waals surface area contributed by atoms with Crippen molar-refractivity contribution in [2.75, 3.05) is 50.9 Å². The smallest absolute Gasteiger partial charge is 0.232 e. The van der Waals surface area contributed by atoms with Crippen LogP contribution in [0.2, 0.25) is 0 Å². The lowest BCUT2D eigenvalue weighted by Crippen LogP contribution is -2.38. The zero-order valence-corrected chi connectivity index (χ0v) is 19.2. The molecule has 3 aromatic rings. The van der Waals surface area contributed by atoms with E-state index in [1.165, 1.54) is 0 Å². The molecule has 2 heterocycles. The third-order valence-electron chi connectivity index (χ3n) is 5.69. The summed E-state index contributed by atoms with van der Waals surface area (Å²) in [6, 6.07) is 19.7. The van der Waals surface area contributed by atoms with Crippen LogP contribution in [0.25, 0.3) is 11.3 Å². The minimum Gasteiger partial charge on any atom is -0.491 e. The van der Waals surface area contributed by atoms with Crippen molar-refractivity contribution in [1.82, 2.24) is 10.1 Å². The Morgan fingerprint density at radius 1 is 1.06 bits per heavy atom. The molecular weight excluding hydrogens is 418 g/mol. The summed E-state index contributed by atoms with van der Waals surface area (Å²) >= 11 is 0. The lowest BCUT2D eigenvalue weighted by Gasteiger charge is -2.29. The van der Waals surface area contributed by atoms with Gasteiger partial charge in [0.15, 0.2) is 0 Å². The van der Waals surface area contributed by atoms with Crippen molar-refractivity contribution in [3.05, 3.63) is 66.2 Å². The molecule has 1 aromatic heterocycles. The number of aliphatic hydroxyl groups excluding tert-OH is 1. The van der Waals surface area contributed by atoms with Gasteiger partial charge < -0.3 is 24.0 Å².